The first-order valence-electron chi connectivity index (χ1n) is 5.45. The third kappa shape index (κ3) is 3.20. The second kappa shape index (κ2) is 5.85. The topological polar surface area (TPSA) is 37.8 Å². The van der Waals surface area contributed by atoms with Gasteiger partial charge in [-0.3, -0.25) is 0 Å². The summed E-state index contributed by atoms with van der Waals surface area (Å²) in [4.78, 5) is 8.72. The van der Waals surface area contributed by atoms with E-state index in [9.17, 15) is 0 Å². The van der Waals surface area contributed by atoms with E-state index in [2.05, 4.69) is 35.7 Å². The molecule has 0 fully saturated rings. The molecule has 1 heterocycles. The number of aromatic nitrogens is 2. The average Bonchev–Trinajstić information content (AvgIpc) is 2.24. The lowest BCUT2D eigenvalue weighted by atomic mass is 10.2. The minimum Gasteiger partial charge on any atom is -0.369 e. The van der Waals surface area contributed by atoms with Crippen molar-refractivity contribution < 1.29 is 0 Å². The molecule has 0 bridgehead atoms. The van der Waals surface area contributed by atoms with Crippen LogP contribution in [0.4, 0.5) is 5.82 Å². The largest absolute Gasteiger partial charge is 0.369 e. The highest BCUT2D eigenvalue weighted by atomic mass is 35.5. The van der Waals surface area contributed by atoms with Gasteiger partial charge in [-0.25, -0.2) is 9.97 Å². The molecule has 1 aromatic rings. The van der Waals surface area contributed by atoms with Gasteiger partial charge in [0.15, 0.2) is 0 Å². The molecule has 0 amide bonds. The molecular weight excluding hydrogens is 222 g/mol. The summed E-state index contributed by atoms with van der Waals surface area (Å²) in [7, 11) is 0. The predicted molar refractivity (Wildman–Crippen MR) is 69.2 cm³/mol. The van der Waals surface area contributed by atoms with Gasteiger partial charge in [0.05, 0.1) is 0 Å². The summed E-state index contributed by atoms with van der Waals surface area (Å²) in [5, 5.41) is 3.77. The van der Waals surface area contributed by atoms with E-state index in [1.165, 1.54) is 0 Å². The Hall–Kier alpha value is -1.09. The molecule has 88 valence electrons. The highest BCUT2D eigenvalue weighted by molar-refractivity contribution is 6.30. The number of anilines is 1. The SMILES string of the molecule is C=CCCNc1nc(C(C)C)nc(Cl)c1C. The zero-order valence-corrected chi connectivity index (χ0v) is 10.8. The van der Waals surface area contributed by atoms with E-state index in [1.807, 2.05) is 13.0 Å². The van der Waals surface area contributed by atoms with Gasteiger partial charge in [0.25, 0.3) is 0 Å². The van der Waals surface area contributed by atoms with E-state index in [1.54, 1.807) is 0 Å². The van der Waals surface area contributed by atoms with E-state index in [-0.39, 0.29) is 5.92 Å². The lowest BCUT2D eigenvalue weighted by Crippen LogP contribution is -2.08. The molecular formula is C12H18ClN3. The van der Waals surface area contributed by atoms with Crippen LogP contribution in [0.1, 0.15) is 37.6 Å². The minimum absolute atomic E-state index is 0.276. The van der Waals surface area contributed by atoms with Gasteiger partial charge in [0.1, 0.15) is 16.8 Å². The van der Waals surface area contributed by atoms with Gasteiger partial charge in [-0.2, -0.15) is 0 Å². The summed E-state index contributed by atoms with van der Waals surface area (Å²) in [6.45, 7) is 10.5. The maximum atomic E-state index is 6.06. The third-order valence-electron chi connectivity index (χ3n) is 2.26. The highest BCUT2D eigenvalue weighted by Gasteiger charge is 2.10. The summed E-state index contributed by atoms with van der Waals surface area (Å²) >= 11 is 6.06. The van der Waals surface area contributed by atoms with E-state index in [0.29, 0.717) is 5.15 Å². The summed E-state index contributed by atoms with van der Waals surface area (Å²) in [5.41, 5.74) is 0.898. The number of rotatable bonds is 5. The standard InChI is InChI=1S/C12H18ClN3/c1-5-6-7-14-12-9(4)10(13)15-11(16-12)8(2)3/h5,8H,1,6-7H2,2-4H3,(H,14,15,16). The number of nitrogens with zero attached hydrogens (tertiary/aromatic N) is 2. The zero-order valence-electron chi connectivity index (χ0n) is 10.0. The van der Waals surface area contributed by atoms with Crippen molar-refractivity contribution in [3.8, 4) is 0 Å². The number of nitrogens with one attached hydrogen (secondary N) is 1. The highest BCUT2D eigenvalue weighted by Crippen LogP contribution is 2.22. The molecule has 0 unspecified atom stereocenters. The van der Waals surface area contributed by atoms with Gasteiger partial charge in [-0.05, 0) is 13.3 Å². The number of halogens is 1. The fraction of sp³-hybridized carbons (Fsp3) is 0.500. The molecule has 16 heavy (non-hydrogen) atoms. The summed E-state index contributed by atoms with van der Waals surface area (Å²) < 4.78 is 0. The van der Waals surface area contributed by atoms with Crippen LogP contribution in [0, 0.1) is 6.92 Å². The number of hydrogen-bond acceptors (Lipinski definition) is 3. The lowest BCUT2D eigenvalue weighted by Gasteiger charge is -2.12. The summed E-state index contributed by atoms with van der Waals surface area (Å²) in [6.07, 6.45) is 2.77. The fourth-order valence-electron chi connectivity index (χ4n) is 1.23. The van der Waals surface area contributed by atoms with Crippen LogP contribution in [0.2, 0.25) is 5.15 Å². The predicted octanol–water partition coefficient (Wildman–Crippen LogP) is 3.55. The van der Waals surface area contributed by atoms with E-state index in [4.69, 9.17) is 11.6 Å². The Morgan fingerprint density at radius 1 is 1.44 bits per heavy atom. The van der Waals surface area contributed by atoms with Crippen molar-refractivity contribution in [2.24, 2.45) is 0 Å². The van der Waals surface area contributed by atoms with E-state index in [0.717, 1.165) is 30.2 Å². The van der Waals surface area contributed by atoms with E-state index >= 15 is 0 Å². The smallest absolute Gasteiger partial charge is 0.137 e. The summed E-state index contributed by atoms with van der Waals surface area (Å²) in [5.74, 6) is 1.88. The van der Waals surface area contributed by atoms with Gasteiger partial charge >= 0.3 is 0 Å². The summed E-state index contributed by atoms with van der Waals surface area (Å²) in [6, 6.07) is 0. The molecule has 0 spiro atoms. The minimum atomic E-state index is 0.276. The van der Waals surface area contributed by atoms with Crippen LogP contribution in [-0.4, -0.2) is 16.5 Å². The van der Waals surface area contributed by atoms with Gasteiger partial charge in [0.2, 0.25) is 0 Å². The van der Waals surface area contributed by atoms with Crippen LogP contribution >= 0.6 is 11.6 Å². The maximum absolute atomic E-state index is 6.06. The molecule has 4 heteroatoms. The van der Waals surface area contributed by atoms with Crippen molar-refractivity contribution in [1.29, 1.82) is 0 Å². The quantitative estimate of drug-likeness (QED) is 0.485. The van der Waals surface area contributed by atoms with Gasteiger partial charge < -0.3 is 5.32 Å². The Balaban J connectivity index is 2.92. The second-order valence-electron chi connectivity index (χ2n) is 4.01. The zero-order chi connectivity index (χ0) is 12.1. The van der Waals surface area contributed by atoms with Crippen molar-refractivity contribution in [3.63, 3.8) is 0 Å². The number of hydrogen-bond donors (Lipinski definition) is 1. The maximum Gasteiger partial charge on any atom is 0.137 e. The molecule has 0 aromatic carbocycles. The molecule has 0 saturated heterocycles. The molecule has 0 aliphatic heterocycles. The molecule has 3 nitrogen and oxygen atoms in total. The first-order chi connectivity index (χ1) is 7.56. The Morgan fingerprint density at radius 2 is 2.12 bits per heavy atom. The van der Waals surface area contributed by atoms with Crippen LogP contribution in [0.3, 0.4) is 0 Å². The molecule has 1 rings (SSSR count). The van der Waals surface area contributed by atoms with Crippen molar-refractivity contribution in [2.45, 2.75) is 33.1 Å². The first-order valence-corrected chi connectivity index (χ1v) is 5.82. The molecule has 1 aromatic heterocycles. The molecule has 0 radical (unpaired) electrons. The van der Waals surface area contributed by atoms with Crippen molar-refractivity contribution in [2.75, 3.05) is 11.9 Å². The van der Waals surface area contributed by atoms with E-state index < -0.39 is 0 Å². The lowest BCUT2D eigenvalue weighted by molar-refractivity contribution is 0.771. The third-order valence-corrected chi connectivity index (χ3v) is 2.63. The Kier molecular flexibility index (Phi) is 4.74. The molecule has 0 saturated carbocycles. The monoisotopic (exact) mass is 239 g/mol. The van der Waals surface area contributed by atoms with Crippen LogP contribution in [0.25, 0.3) is 0 Å². The average molecular weight is 240 g/mol. The molecule has 0 aliphatic carbocycles. The fourth-order valence-corrected chi connectivity index (χ4v) is 1.40. The van der Waals surface area contributed by atoms with Gasteiger partial charge in [-0.15, -0.1) is 6.58 Å². The van der Waals surface area contributed by atoms with Crippen LogP contribution in [0.5, 0.6) is 0 Å². The molecule has 1 N–H and O–H groups in total. The van der Waals surface area contributed by atoms with Crippen LogP contribution < -0.4 is 5.32 Å². The van der Waals surface area contributed by atoms with Crippen molar-refractivity contribution in [1.82, 2.24) is 9.97 Å². The normalized spacial score (nSPS) is 10.6. The van der Waals surface area contributed by atoms with Gasteiger partial charge in [0, 0.05) is 18.0 Å². The van der Waals surface area contributed by atoms with Crippen LogP contribution in [-0.2, 0) is 0 Å². The Labute approximate surface area is 102 Å². The van der Waals surface area contributed by atoms with Crippen LogP contribution in [0.15, 0.2) is 12.7 Å². The Bertz CT molecular complexity index is 375. The molecule has 0 aliphatic rings. The van der Waals surface area contributed by atoms with Crippen molar-refractivity contribution >= 4 is 17.4 Å². The van der Waals surface area contributed by atoms with Crippen molar-refractivity contribution in [3.05, 3.63) is 29.2 Å². The first kappa shape index (κ1) is 13.0. The second-order valence-corrected chi connectivity index (χ2v) is 4.36. The Morgan fingerprint density at radius 3 is 2.69 bits per heavy atom. The van der Waals surface area contributed by atoms with Gasteiger partial charge in [-0.1, -0.05) is 31.5 Å². The molecule has 0 atom stereocenters.